The minimum atomic E-state index is 0.829. The molecule has 1 atom stereocenters. The number of hydrogen-bond donors (Lipinski definition) is 1. The van der Waals surface area contributed by atoms with E-state index < -0.39 is 0 Å². The Morgan fingerprint density at radius 1 is 1.21 bits per heavy atom. The predicted molar refractivity (Wildman–Crippen MR) is 83.5 cm³/mol. The van der Waals surface area contributed by atoms with Gasteiger partial charge in [-0.3, -0.25) is 0 Å². The van der Waals surface area contributed by atoms with Crippen molar-refractivity contribution >= 4 is 0 Å². The summed E-state index contributed by atoms with van der Waals surface area (Å²) in [5.74, 6) is 1.78. The quantitative estimate of drug-likeness (QED) is 0.718. The van der Waals surface area contributed by atoms with Gasteiger partial charge in [-0.1, -0.05) is 56.9 Å². The van der Waals surface area contributed by atoms with Crippen LogP contribution >= 0.6 is 0 Å². The number of rotatable bonds is 7. The van der Waals surface area contributed by atoms with E-state index >= 15 is 0 Å². The summed E-state index contributed by atoms with van der Waals surface area (Å²) in [7, 11) is 0. The van der Waals surface area contributed by atoms with Gasteiger partial charge >= 0.3 is 0 Å². The summed E-state index contributed by atoms with van der Waals surface area (Å²) >= 11 is 0. The Hall–Kier alpha value is -0.820. The molecule has 19 heavy (non-hydrogen) atoms. The molecule has 0 heterocycles. The van der Waals surface area contributed by atoms with Crippen molar-refractivity contribution in [2.75, 3.05) is 13.1 Å². The number of benzene rings is 1. The van der Waals surface area contributed by atoms with E-state index in [4.69, 9.17) is 0 Å². The van der Waals surface area contributed by atoms with Crippen LogP contribution in [0.2, 0.25) is 0 Å². The van der Waals surface area contributed by atoms with Crippen molar-refractivity contribution in [2.45, 2.75) is 52.4 Å². The van der Waals surface area contributed by atoms with Crippen LogP contribution in [0.25, 0.3) is 0 Å². The smallest absolute Gasteiger partial charge is 0.00147 e. The largest absolute Gasteiger partial charge is 0.316 e. The third-order valence-electron chi connectivity index (χ3n) is 4.64. The molecule has 1 aromatic carbocycles. The maximum absolute atomic E-state index is 3.65. The average Bonchev–Trinajstić information content (AvgIpc) is 2.94. The normalized spacial score (nSPS) is 17.8. The molecule has 1 aliphatic carbocycles. The first kappa shape index (κ1) is 14.6. The Balaban J connectivity index is 1.98. The topological polar surface area (TPSA) is 12.0 Å². The second kappa shape index (κ2) is 7.69. The van der Waals surface area contributed by atoms with E-state index in [1.54, 1.807) is 5.56 Å². The monoisotopic (exact) mass is 259 g/mol. The third kappa shape index (κ3) is 4.35. The predicted octanol–water partition coefficient (Wildman–Crippen LogP) is 4.34. The van der Waals surface area contributed by atoms with Crippen LogP contribution in [0.4, 0.5) is 0 Å². The summed E-state index contributed by atoms with van der Waals surface area (Å²) in [6, 6.07) is 8.91. The van der Waals surface area contributed by atoms with E-state index in [-0.39, 0.29) is 0 Å². The van der Waals surface area contributed by atoms with Gasteiger partial charge in [-0.05, 0) is 55.8 Å². The Morgan fingerprint density at radius 3 is 2.63 bits per heavy atom. The highest BCUT2D eigenvalue weighted by atomic mass is 14.9. The number of hydrogen-bond acceptors (Lipinski definition) is 1. The van der Waals surface area contributed by atoms with Gasteiger partial charge in [0, 0.05) is 0 Å². The van der Waals surface area contributed by atoms with Gasteiger partial charge in [0.25, 0.3) is 0 Å². The van der Waals surface area contributed by atoms with Crippen LogP contribution in [0.3, 0.4) is 0 Å². The lowest BCUT2D eigenvalue weighted by Gasteiger charge is -2.24. The van der Waals surface area contributed by atoms with Crippen molar-refractivity contribution in [1.29, 1.82) is 0 Å². The van der Waals surface area contributed by atoms with E-state index in [1.165, 1.54) is 50.6 Å². The van der Waals surface area contributed by atoms with Crippen LogP contribution in [0.1, 0.15) is 50.2 Å². The van der Waals surface area contributed by atoms with Crippen LogP contribution < -0.4 is 5.32 Å². The zero-order valence-corrected chi connectivity index (χ0v) is 12.6. The fourth-order valence-corrected chi connectivity index (χ4v) is 3.42. The molecule has 0 aromatic heterocycles. The zero-order chi connectivity index (χ0) is 13.5. The van der Waals surface area contributed by atoms with E-state index in [9.17, 15) is 0 Å². The summed E-state index contributed by atoms with van der Waals surface area (Å²) in [6.07, 6.45) is 8.29. The molecule has 0 amide bonds. The summed E-state index contributed by atoms with van der Waals surface area (Å²) in [5, 5.41) is 3.65. The highest BCUT2D eigenvalue weighted by Gasteiger charge is 2.25. The van der Waals surface area contributed by atoms with Crippen molar-refractivity contribution in [2.24, 2.45) is 11.8 Å². The highest BCUT2D eigenvalue weighted by Crippen LogP contribution is 2.33. The molecule has 0 saturated heterocycles. The Labute approximate surface area is 118 Å². The van der Waals surface area contributed by atoms with Gasteiger partial charge in [0.05, 0.1) is 0 Å². The SMILES string of the molecule is CCCNCC(Cc1ccccc1C)C1CCCC1. The van der Waals surface area contributed by atoms with Crippen molar-refractivity contribution in [3.8, 4) is 0 Å². The van der Waals surface area contributed by atoms with Crippen LogP contribution in [-0.4, -0.2) is 13.1 Å². The van der Waals surface area contributed by atoms with Gasteiger partial charge in [-0.25, -0.2) is 0 Å². The van der Waals surface area contributed by atoms with Gasteiger partial charge in [0.15, 0.2) is 0 Å². The van der Waals surface area contributed by atoms with Crippen LogP contribution in [0.5, 0.6) is 0 Å². The number of aryl methyl sites for hydroxylation is 1. The summed E-state index contributed by atoms with van der Waals surface area (Å²) in [4.78, 5) is 0. The van der Waals surface area contributed by atoms with Gasteiger partial charge in [0.1, 0.15) is 0 Å². The zero-order valence-electron chi connectivity index (χ0n) is 12.6. The van der Waals surface area contributed by atoms with Crippen molar-refractivity contribution in [1.82, 2.24) is 5.32 Å². The van der Waals surface area contributed by atoms with E-state index in [2.05, 4.69) is 43.4 Å². The Morgan fingerprint density at radius 2 is 1.95 bits per heavy atom. The van der Waals surface area contributed by atoms with Gasteiger partial charge in [-0.2, -0.15) is 0 Å². The third-order valence-corrected chi connectivity index (χ3v) is 4.64. The fourth-order valence-electron chi connectivity index (χ4n) is 3.42. The Kier molecular flexibility index (Phi) is 5.91. The summed E-state index contributed by atoms with van der Waals surface area (Å²) in [5.41, 5.74) is 3.01. The van der Waals surface area contributed by atoms with Crippen LogP contribution in [0.15, 0.2) is 24.3 Å². The molecule has 106 valence electrons. The maximum atomic E-state index is 3.65. The fraction of sp³-hybridized carbons (Fsp3) is 0.667. The summed E-state index contributed by atoms with van der Waals surface area (Å²) < 4.78 is 0. The molecule has 0 aliphatic heterocycles. The highest BCUT2D eigenvalue weighted by molar-refractivity contribution is 5.26. The van der Waals surface area contributed by atoms with E-state index in [0.717, 1.165) is 18.4 Å². The molecule has 0 spiro atoms. The molecule has 1 N–H and O–H groups in total. The van der Waals surface area contributed by atoms with Crippen molar-refractivity contribution in [3.63, 3.8) is 0 Å². The van der Waals surface area contributed by atoms with E-state index in [1.807, 2.05) is 0 Å². The first-order valence-corrected chi connectivity index (χ1v) is 8.06. The Bertz CT molecular complexity index is 366. The lowest BCUT2D eigenvalue weighted by atomic mass is 9.84. The van der Waals surface area contributed by atoms with Crippen molar-refractivity contribution in [3.05, 3.63) is 35.4 Å². The molecule has 1 unspecified atom stereocenters. The summed E-state index contributed by atoms with van der Waals surface area (Å²) in [6.45, 7) is 6.86. The molecule has 0 radical (unpaired) electrons. The molecule has 1 aliphatic rings. The maximum Gasteiger partial charge on any atom is -0.00147 e. The van der Waals surface area contributed by atoms with Crippen LogP contribution in [-0.2, 0) is 6.42 Å². The van der Waals surface area contributed by atoms with Gasteiger partial charge in [0.2, 0.25) is 0 Å². The molecule has 1 heteroatoms. The van der Waals surface area contributed by atoms with Gasteiger partial charge in [-0.15, -0.1) is 0 Å². The second-order valence-electron chi connectivity index (χ2n) is 6.14. The minimum Gasteiger partial charge on any atom is -0.316 e. The molecule has 1 nitrogen and oxygen atoms in total. The lowest BCUT2D eigenvalue weighted by molar-refractivity contribution is 0.321. The molecule has 1 saturated carbocycles. The molecule has 2 rings (SSSR count). The van der Waals surface area contributed by atoms with E-state index in [0.29, 0.717) is 0 Å². The second-order valence-corrected chi connectivity index (χ2v) is 6.14. The molecular weight excluding hydrogens is 230 g/mol. The molecule has 0 bridgehead atoms. The minimum absolute atomic E-state index is 0.829. The lowest BCUT2D eigenvalue weighted by Crippen LogP contribution is -2.29. The first-order valence-electron chi connectivity index (χ1n) is 8.06. The number of nitrogens with one attached hydrogen (secondary N) is 1. The molecule has 1 aromatic rings. The standard InChI is InChI=1S/C18H29N/c1-3-12-19-14-18(16-9-6-7-10-16)13-17-11-5-4-8-15(17)2/h4-5,8,11,16,18-19H,3,6-7,9-10,12-14H2,1-2H3. The first-order chi connectivity index (χ1) is 9.31. The molecule has 1 fully saturated rings. The van der Waals surface area contributed by atoms with Gasteiger partial charge < -0.3 is 5.32 Å². The van der Waals surface area contributed by atoms with Crippen molar-refractivity contribution < 1.29 is 0 Å². The van der Waals surface area contributed by atoms with Crippen LogP contribution in [0, 0.1) is 18.8 Å². The average molecular weight is 259 g/mol. The molecular formula is C18H29N.